The molecule has 0 aliphatic rings. The first kappa shape index (κ1) is 12.8. The van der Waals surface area contributed by atoms with E-state index in [-0.39, 0.29) is 5.91 Å². The number of nitrogens with zero attached hydrogens (tertiary/aromatic N) is 1. The number of pyridine rings is 1. The number of hydrogen-bond acceptors (Lipinski definition) is 2. The molecule has 1 heterocycles. The van der Waals surface area contributed by atoms with Crippen molar-refractivity contribution in [2.75, 3.05) is 0 Å². The molecule has 1 atom stereocenters. The van der Waals surface area contributed by atoms with Crippen LogP contribution in [0.5, 0.6) is 0 Å². The van der Waals surface area contributed by atoms with Gasteiger partial charge in [-0.15, -0.1) is 0 Å². The maximum Gasteiger partial charge on any atom is 0.217 e. The molecule has 1 N–H and O–H groups in total. The van der Waals surface area contributed by atoms with Crippen LogP contribution in [-0.2, 0) is 4.79 Å². The molecule has 0 bridgehead atoms. The molecule has 1 amide bonds. The van der Waals surface area contributed by atoms with Crippen molar-refractivity contribution in [2.45, 2.75) is 19.9 Å². The number of aromatic nitrogens is 1. The number of carbonyl (C=O) groups excluding carboxylic acids is 1. The lowest BCUT2D eigenvalue weighted by atomic mass is 10.2. The van der Waals surface area contributed by atoms with E-state index in [4.69, 9.17) is 0 Å². The van der Waals surface area contributed by atoms with Crippen molar-refractivity contribution in [3.63, 3.8) is 0 Å². The van der Waals surface area contributed by atoms with Crippen LogP contribution >= 0.6 is 15.9 Å². The van der Waals surface area contributed by atoms with Gasteiger partial charge in [0.15, 0.2) is 0 Å². The Morgan fingerprint density at radius 1 is 1.62 bits per heavy atom. The van der Waals surface area contributed by atoms with E-state index >= 15 is 0 Å². The Morgan fingerprint density at radius 3 is 2.81 bits per heavy atom. The third-order valence-electron chi connectivity index (χ3n) is 1.89. The van der Waals surface area contributed by atoms with Crippen LogP contribution in [0.1, 0.15) is 19.4 Å². The van der Waals surface area contributed by atoms with Crippen LogP contribution in [0.3, 0.4) is 0 Å². The van der Waals surface area contributed by atoms with Gasteiger partial charge in [0.1, 0.15) is 10.4 Å². The fraction of sp³-hybridized carbons (Fsp3) is 0.273. The quantitative estimate of drug-likeness (QED) is 0.868. The molecule has 0 aromatic carbocycles. The number of rotatable bonds is 3. The van der Waals surface area contributed by atoms with Crippen LogP contribution in [0.4, 0.5) is 4.39 Å². The zero-order chi connectivity index (χ0) is 12.1. The first-order chi connectivity index (χ1) is 7.49. The minimum absolute atomic E-state index is 0.259. The van der Waals surface area contributed by atoms with Crippen LogP contribution < -0.4 is 5.32 Å². The molecule has 0 aliphatic heterocycles. The van der Waals surface area contributed by atoms with Gasteiger partial charge in [0.05, 0.1) is 6.04 Å². The number of halogens is 2. The second-order valence-electron chi connectivity index (χ2n) is 3.37. The summed E-state index contributed by atoms with van der Waals surface area (Å²) in [5, 5.41) is 2.46. The highest BCUT2D eigenvalue weighted by Gasteiger charge is 2.08. The standard InChI is InChI=1S/C11H12BrFN2O/c1-7(15-8(2)16)10(13)5-9-3-4-11(12)14-6-9/h3-7H,1-2H3,(H,15,16)/b10-5-/t7-/m0/s1. The molecule has 0 saturated carbocycles. The fourth-order valence-electron chi connectivity index (χ4n) is 1.13. The summed E-state index contributed by atoms with van der Waals surface area (Å²) in [7, 11) is 0. The van der Waals surface area contributed by atoms with Crippen LogP contribution in [0.15, 0.2) is 28.8 Å². The number of hydrogen-bond donors (Lipinski definition) is 1. The SMILES string of the molecule is CC(=O)N[C@@H](C)/C(F)=C/c1ccc(Br)nc1. The Balaban J connectivity index is 2.75. The first-order valence-corrected chi connectivity index (χ1v) is 5.54. The van der Waals surface area contributed by atoms with E-state index in [9.17, 15) is 9.18 Å². The van der Waals surface area contributed by atoms with Gasteiger partial charge in [-0.1, -0.05) is 6.07 Å². The number of amides is 1. The number of carbonyl (C=O) groups is 1. The Labute approximate surface area is 102 Å². The Bertz CT molecular complexity index is 403. The molecule has 5 heteroatoms. The van der Waals surface area contributed by atoms with E-state index in [0.29, 0.717) is 10.2 Å². The molecule has 0 aliphatic carbocycles. The van der Waals surface area contributed by atoms with E-state index in [1.54, 1.807) is 25.3 Å². The fourth-order valence-corrected chi connectivity index (χ4v) is 1.37. The summed E-state index contributed by atoms with van der Waals surface area (Å²) in [5.74, 6) is -0.663. The zero-order valence-corrected chi connectivity index (χ0v) is 10.6. The summed E-state index contributed by atoms with van der Waals surface area (Å²) in [5.41, 5.74) is 0.651. The predicted octanol–water partition coefficient (Wildman–Crippen LogP) is 2.68. The van der Waals surface area contributed by atoms with Crippen LogP contribution in [0.25, 0.3) is 6.08 Å². The van der Waals surface area contributed by atoms with E-state index in [0.717, 1.165) is 0 Å². The summed E-state index contributed by atoms with van der Waals surface area (Å²) in [6, 6.07) is 2.83. The number of nitrogens with one attached hydrogen (secondary N) is 1. The maximum absolute atomic E-state index is 13.5. The normalized spacial score (nSPS) is 13.4. The van der Waals surface area contributed by atoms with Gasteiger partial charge < -0.3 is 5.32 Å². The molecule has 3 nitrogen and oxygen atoms in total. The lowest BCUT2D eigenvalue weighted by Crippen LogP contribution is -2.30. The highest BCUT2D eigenvalue weighted by molar-refractivity contribution is 9.10. The lowest BCUT2D eigenvalue weighted by molar-refractivity contribution is -0.119. The molecule has 1 aromatic heterocycles. The van der Waals surface area contributed by atoms with E-state index in [2.05, 4.69) is 26.2 Å². The molecule has 0 saturated heterocycles. The third kappa shape index (κ3) is 4.10. The van der Waals surface area contributed by atoms with Crippen LogP contribution in [0.2, 0.25) is 0 Å². The summed E-state index contributed by atoms with van der Waals surface area (Å²) in [6.45, 7) is 2.94. The highest BCUT2D eigenvalue weighted by Crippen LogP contribution is 2.12. The van der Waals surface area contributed by atoms with Gasteiger partial charge in [-0.3, -0.25) is 4.79 Å². The smallest absolute Gasteiger partial charge is 0.217 e. The van der Waals surface area contributed by atoms with Crippen molar-refractivity contribution in [2.24, 2.45) is 0 Å². The molecule has 0 spiro atoms. The Morgan fingerprint density at radius 2 is 2.31 bits per heavy atom. The van der Waals surface area contributed by atoms with Crippen molar-refractivity contribution in [1.29, 1.82) is 0 Å². The van der Waals surface area contributed by atoms with Crippen molar-refractivity contribution in [3.8, 4) is 0 Å². The van der Waals surface area contributed by atoms with Gasteiger partial charge in [0.25, 0.3) is 0 Å². The third-order valence-corrected chi connectivity index (χ3v) is 2.36. The van der Waals surface area contributed by atoms with Gasteiger partial charge in [0.2, 0.25) is 5.91 Å². The zero-order valence-electron chi connectivity index (χ0n) is 9.00. The molecule has 0 radical (unpaired) electrons. The van der Waals surface area contributed by atoms with E-state index < -0.39 is 11.9 Å². The van der Waals surface area contributed by atoms with Gasteiger partial charge >= 0.3 is 0 Å². The van der Waals surface area contributed by atoms with E-state index in [1.807, 2.05) is 0 Å². The minimum Gasteiger partial charge on any atom is -0.347 e. The molecule has 1 aromatic rings. The molecule has 16 heavy (non-hydrogen) atoms. The first-order valence-electron chi connectivity index (χ1n) is 4.75. The van der Waals surface area contributed by atoms with Crippen molar-refractivity contribution < 1.29 is 9.18 Å². The average molecular weight is 287 g/mol. The van der Waals surface area contributed by atoms with Crippen LogP contribution in [0, 0.1) is 0 Å². The van der Waals surface area contributed by atoms with Gasteiger partial charge in [-0.25, -0.2) is 9.37 Å². The van der Waals surface area contributed by atoms with Gasteiger partial charge in [-0.05, 0) is 40.6 Å². The molecular formula is C11H12BrFN2O. The monoisotopic (exact) mass is 286 g/mol. The maximum atomic E-state index is 13.5. The summed E-state index contributed by atoms with van der Waals surface area (Å²) in [4.78, 5) is 14.7. The van der Waals surface area contributed by atoms with Gasteiger partial charge in [0, 0.05) is 13.1 Å². The molecule has 1 rings (SSSR count). The minimum atomic E-state index is -0.624. The van der Waals surface area contributed by atoms with Crippen molar-refractivity contribution in [1.82, 2.24) is 10.3 Å². The van der Waals surface area contributed by atoms with Crippen LogP contribution in [-0.4, -0.2) is 16.9 Å². The molecular weight excluding hydrogens is 275 g/mol. The van der Waals surface area contributed by atoms with Gasteiger partial charge in [-0.2, -0.15) is 0 Å². The predicted molar refractivity (Wildman–Crippen MR) is 64.3 cm³/mol. The average Bonchev–Trinajstić information content (AvgIpc) is 2.20. The lowest BCUT2D eigenvalue weighted by Gasteiger charge is -2.09. The summed E-state index contributed by atoms with van der Waals surface area (Å²) >= 11 is 3.19. The molecule has 0 fully saturated rings. The van der Waals surface area contributed by atoms with Crippen molar-refractivity contribution in [3.05, 3.63) is 34.3 Å². The molecule has 0 unspecified atom stereocenters. The van der Waals surface area contributed by atoms with Crippen molar-refractivity contribution >= 4 is 27.9 Å². The highest BCUT2D eigenvalue weighted by atomic mass is 79.9. The Kier molecular flexibility index (Phi) is 4.61. The topological polar surface area (TPSA) is 42.0 Å². The Hall–Kier alpha value is -1.23. The molecule has 86 valence electrons. The van der Waals surface area contributed by atoms with E-state index in [1.165, 1.54) is 13.0 Å². The second-order valence-corrected chi connectivity index (χ2v) is 4.18. The summed E-state index contributed by atoms with van der Waals surface area (Å²) < 4.78 is 14.2. The summed E-state index contributed by atoms with van der Waals surface area (Å²) in [6.07, 6.45) is 2.89. The second kappa shape index (κ2) is 5.75. The largest absolute Gasteiger partial charge is 0.347 e.